The van der Waals surface area contributed by atoms with Crippen LogP contribution in [0.25, 0.3) is 10.9 Å². The lowest BCUT2D eigenvalue weighted by Crippen LogP contribution is -2.35. The summed E-state index contributed by atoms with van der Waals surface area (Å²) in [5.74, 6) is 1.45. The highest BCUT2D eigenvalue weighted by Crippen LogP contribution is 2.33. The van der Waals surface area contributed by atoms with Gasteiger partial charge in [-0.25, -0.2) is 0 Å². The summed E-state index contributed by atoms with van der Waals surface area (Å²) in [5, 5.41) is 4.88. The van der Waals surface area contributed by atoms with Crippen LogP contribution in [0.15, 0.2) is 71.5 Å². The van der Waals surface area contributed by atoms with Crippen molar-refractivity contribution in [3.05, 3.63) is 99.3 Å². The van der Waals surface area contributed by atoms with Crippen LogP contribution in [-0.2, 0) is 19.5 Å². The first kappa shape index (κ1) is 22.9. The number of pyridine rings is 1. The molecule has 6 nitrogen and oxygen atoms in total. The topological polar surface area (TPSA) is 66.6 Å². The largest absolute Gasteiger partial charge is 0.454 e. The molecule has 1 aromatic heterocycles. The van der Waals surface area contributed by atoms with Gasteiger partial charge in [0, 0.05) is 23.3 Å². The molecule has 4 aromatic rings. The van der Waals surface area contributed by atoms with Crippen LogP contribution < -0.4 is 20.3 Å². The second-order valence-electron chi connectivity index (χ2n) is 8.74. The zero-order valence-electron chi connectivity index (χ0n) is 19.8. The van der Waals surface area contributed by atoms with Gasteiger partial charge in [-0.15, -0.1) is 0 Å². The summed E-state index contributed by atoms with van der Waals surface area (Å²) >= 11 is 5.82. The SMILES string of the molecule is CCc1ccc(NC(=S)N(Cc2ccc3c(c2)OCO3)Cc2cc3cc(C)ccc3[nH]c2=O)cc1. The number of hydrogen-bond donors (Lipinski definition) is 2. The van der Waals surface area contributed by atoms with Crippen molar-refractivity contribution in [2.24, 2.45) is 0 Å². The second kappa shape index (κ2) is 9.80. The molecule has 0 unspecified atom stereocenters. The Labute approximate surface area is 209 Å². The summed E-state index contributed by atoms with van der Waals surface area (Å²) < 4.78 is 11.0. The van der Waals surface area contributed by atoms with Gasteiger partial charge in [-0.05, 0) is 84.5 Å². The highest BCUT2D eigenvalue weighted by Gasteiger charge is 2.18. The van der Waals surface area contributed by atoms with Crippen LogP contribution in [0.5, 0.6) is 11.5 Å². The van der Waals surface area contributed by atoms with Crippen LogP contribution in [0.1, 0.15) is 29.2 Å². The highest BCUT2D eigenvalue weighted by atomic mass is 32.1. The smallest absolute Gasteiger partial charge is 0.253 e. The number of thiocarbonyl (C=S) groups is 1. The molecule has 3 aromatic carbocycles. The Morgan fingerprint density at radius 3 is 2.54 bits per heavy atom. The van der Waals surface area contributed by atoms with E-state index in [0.29, 0.717) is 23.8 Å². The molecule has 0 spiro atoms. The molecule has 7 heteroatoms. The van der Waals surface area contributed by atoms with Crippen LogP contribution >= 0.6 is 12.2 Å². The first-order valence-electron chi connectivity index (χ1n) is 11.6. The Kier molecular flexibility index (Phi) is 6.42. The van der Waals surface area contributed by atoms with E-state index >= 15 is 0 Å². The van der Waals surface area contributed by atoms with E-state index < -0.39 is 0 Å². The summed E-state index contributed by atoms with van der Waals surface area (Å²) in [4.78, 5) is 17.9. The van der Waals surface area contributed by atoms with Crippen LogP contribution in [-0.4, -0.2) is 21.8 Å². The van der Waals surface area contributed by atoms with Gasteiger partial charge in [-0.1, -0.05) is 36.8 Å². The standard InChI is InChI=1S/C28H27N3O3S/c1-3-19-5-8-23(9-6-19)29-28(35)31(15-20-7-11-25-26(13-20)34-17-33-25)16-22-14-21-12-18(2)4-10-24(21)30-27(22)32/h4-14H,3,15-17H2,1-2H3,(H,29,35)(H,30,32). The average molecular weight is 486 g/mol. The van der Waals surface area contributed by atoms with Crippen molar-refractivity contribution in [2.45, 2.75) is 33.4 Å². The molecule has 0 bridgehead atoms. The number of aromatic amines is 1. The lowest BCUT2D eigenvalue weighted by molar-refractivity contribution is 0.174. The fraction of sp³-hybridized carbons (Fsp3) is 0.214. The summed E-state index contributed by atoms with van der Waals surface area (Å²) in [6.07, 6.45) is 0.977. The van der Waals surface area contributed by atoms with E-state index in [1.807, 2.05) is 60.4 Å². The summed E-state index contributed by atoms with van der Waals surface area (Å²) in [6.45, 7) is 5.25. The third-order valence-electron chi connectivity index (χ3n) is 6.15. The van der Waals surface area contributed by atoms with Crippen LogP contribution in [0.2, 0.25) is 0 Å². The molecular formula is C28H27N3O3S. The molecular weight excluding hydrogens is 458 g/mol. The zero-order chi connectivity index (χ0) is 24.4. The second-order valence-corrected chi connectivity index (χ2v) is 9.13. The number of nitrogens with zero attached hydrogens (tertiary/aromatic N) is 1. The number of anilines is 1. The number of hydrogen-bond acceptors (Lipinski definition) is 4. The summed E-state index contributed by atoms with van der Waals surface area (Å²) in [7, 11) is 0. The Balaban J connectivity index is 1.45. The zero-order valence-corrected chi connectivity index (χ0v) is 20.6. The molecule has 0 amide bonds. The highest BCUT2D eigenvalue weighted by molar-refractivity contribution is 7.80. The van der Waals surface area contributed by atoms with E-state index in [1.54, 1.807) is 0 Å². The third-order valence-corrected chi connectivity index (χ3v) is 6.51. The molecule has 0 saturated heterocycles. The van der Waals surface area contributed by atoms with Crippen molar-refractivity contribution in [1.82, 2.24) is 9.88 Å². The molecule has 35 heavy (non-hydrogen) atoms. The normalized spacial score (nSPS) is 12.1. The predicted octanol–water partition coefficient (Wildman–Crippen LogP) is 5.53. The Bertz CT molecular complexity index is 1450. The molecule has 0 radical (unpaired) electrons. The number of fused-ring (bicyclic) bond motifs is 2. The Morgan fingerprint density at radius 1 is 0.971 bits per heavy atom. The fourth-order valence-corrected chi connectivity index (χ4v) is 4.43. The van der Waals surface area contributed by atoms with E-state index in [2.05, 4.69) is 35.4 Å². The molecule has 5 rings (SSSR count). The molecule has 0 atom stereocenters. The van der Waals surface area contributed by atoms with Gasteiger partial charge in [0.05, 0.1) is 6.54 Å². The summed E-state index contributed by atoms with van der Waals surface area (Å²) in [6, 6.07) is 22.0. The first-order valence-corrected chi connectivity index (χ1v) is 12.1. The van der Waals surface area contributed by atoms with Crippen molar-refractivity contribution < 1.29 is 9.47 Å². The maximum Gasteiger partial charge on any atom is 0.253 e. The molecule has 1 aliphatic rings. The minimum Gasteiger partial charge on any atom is -0.454 e. The van der Waals surface area contributed by atoms with Gasteiger partial charge in [0.15, 0.2) is 16.6 Å². The molecule has 2 N–H and O–H groups in total. The number of aryl methyl sites for hydroxylation is 2. The van der Waals surface area contributed by atoms with Gasteiger partial charge in [0.1, 0.15) is 0 Å². The lowest BCUT2D eigenvalue weighted by atomic mass is 10.1. The number of nitrogens with one attached hydrogen (secondary N) is 2. The van der Waals surface area contributed by atoms with E-state index in [-0.39, 0.29) is 12.4 Å². The Hall–Kier alpha value is -3.84. The van der Waals surface area contributed by atoms with Crippen molar-refractivity contribution in [3.8, 4) is 11.5 Å². The van der Waals surface area contributed by atoms with Gasteiger partial charge in [-0.3, -0.25) is 4.79 Å². The monoisotopic (exact) mass is 485 g/mol. The molecule has 178 valence electrons. The van der Waals surface area contributed by atoms with Gasteiger partial charge in [0.2, 0.25) is 6.79 Å². The van der Waals surface area contributed by atoms with Gasteiger partial charge >= 0.3 is 0 Å². The van der Waals surface area contributed by atoms with Crippen LogP contribution in [0.4, 0.5) is 5.69 Å². The summed E-state index contributed by atoms with van der Waals surface area (Å²) in [5.41, 5.74) is 5.67. The molecule has 0 fully saturated rings. The maximum atomic E-state index is 12.9. The minimum atomic E-state index is -0.118. The molecule has 0 saturated carbocycles. The van der Waals surface area contributed by atoms with Crippen molar-refractivity contribution >= 4 is 33.9 Å². The lowest BCUT2D eigenvalue weighted by Gasteiger charge is -2.26. The average Bonchev–Trinajstić information content (AvgIpc) is 3.32. The maximum absolute atomic E-state index is 12.9. The van der Waals surface area contributed by atoms with E-state index in [0.717, 1.165) is 45.6 Å². The van der Waals surface area contributed by atoms with Crippen LogP contribution in [0.3, 0.4) is 0 Å². The third kappa shape index (κ3) is 5.15. The minimum absolute atomic E-state index is 0.118. The van der Waals surface area contributed by atoms with E-state index in [4.69, 9.17) is 21.7 Å². The fourth-order valence-electron chi connectivity index (χ4n) is 4.18. The van der Waals surface area contributed by atoms with Crippen molar-refractivity contribution in [1.29, 1.82) is 0 Å². The number of aromatic nitrogens is 1. The predicted molar refractivity (Wildman–Crippen MR) is 143 cm³/mol. The van der Waals surface area contributed by atoms with E-state index in [1.165, 1.54) is 5.56 Å². The number of H-pyrrole nitrogens is 1. The van der Waals surface area contributed by atoms with Crippen LogP contribution in [0, 0.1) is 6.92 Å². The van der Waals surface area contributed by atoms with E-state index in [9.17, 15) is 4.79 Å². The van der Waals surface area contributed by atoms with Gasteiger partial charge < -0.3 is 24.7 Å². The van der Waals surface area contributed by atoms with Crippen molar-refractivity contribution in [3.63, 3.8) is 0 Å². The molecule has 1 aliphatic heterocycles. The van der Waals surface area contributed by atoms with Crippen molar-refractivity contribution in [2.75, 3.05) is 12.1 Å². The molecule has 0 aliphatic carbocycles. The Morgan fingerprint density at radius 2 is 1.74 bits per heavy atom. The van der Waals surface area contributed by atoms with Gasteiger partial charge in [-0.2, -0.15) is 0 Å². The molecule has 2 heterocycles. The first-order chi connectivity index (χ1) is 17.0. The quantitative estimate of drug-likeness (QED) is 0.350. The number of ether oxygens (including phenoxy) is 2. The van der Waals surface area contributed by atoms with Gasteiger partial charge in [0.25, 0.3) is 5.56 Å². The number of rotatable bonds is 6. The number of benzene rings is 3.